The number of hydrogen-bond donors (Lipinski definition) is 22. The van der Waals surface area contributed by atoms with Crippen molar-refractivity contribution in [2.75, 3.05) is 89.5 Å². The highest BCUT2D eigenvalue weighted by molar-refractivity contribution is 7.99. The molecule has 14 bridgehead atoms. The smallest absolute Gasteiger partial charge is 0.321 e. The van der Waals surface area contributed by atoms with Gasteiger partial charge in [0.05, 0.1) is 77.6 Å². The Bertz CT molecular complexity index is 2610. The summed E-state index contributed by atoms with van der Waals surface area (Å²) < 4.78 is 93.3. The maximum atomic E-state index is 13.0. The van der Waals surface area contributed by atoms with E-state index in [0.29, 0.717) is 0 Å². The van der Waals surface area contributed by atoms with Gasteiger partial charge in [-0.2, -0.15) is 23.5 Å². The molecule has 0 aliphatic carbocycles. The van der Waals surface area contributed by atoms with E-state index in [9.17, 15) is 126 Å². The molecule has 21 rings (SSSR count). The second-order valence-electron chi connectivity index (χ2n) is 25.7. The van der Waals surface area contributed by atoms with Crippen LogP contribution in [0.1, 0.15) is 26.2 Å². The zero-order valence-electron chi connectivity index (χ0n) is 55.5. The molecular formula is C59H97NO41S2. The molecule has 0 aromatic carbocycles. The van der Waals surface area contributed by atoms with Gasteiger partial charge in [0.2, 0.25) is 0 Å². The Labute approximate surface area is 595 Å². The van der Waals surface area contributed by atoms with E-state index in [-0.39, 0.29) is 62.3 Å². The first-order valence-electron chi connectivity index (χ1n) is 33.2. The van der Waals surface area contributed by atoms with Gasteiger partial charge in [-0.15, -0.1) is 0 Å². The highest BCUT2D eigenvalue weighted by atomic mass is 32.2. The second-order valence-corrected chi connectivity index (χ2v) is 27.9. The van der Waals surface area contributed by atoms with Gasteiger partial charge in [0.15, 0.2) is 44.0 Å². The van der Waals surface area contributed by atoms with Crippen LogP contribution in [-0.4, -0.2) is 441 Å². The predicted molar refractivity (Wildman–Crippen MR) is 332 cm³/mol. The SMILES string of the molecule is CN[C@H](CSCC1O[C@@H]2O[C@@H]3C(CO)O[C@H](O[C@@H]4C(CO)O[C@H](O[C@@H]5C(CO)O[C@H](O[C@@H]6C(CSC[C@@H](CC(=O)CCOCCOCCC(C)=O)C(=O)O)O[C@H](O[C@@H]7C(CO)O[C@@H](O[C@@H]8C(CO)O[C@H](O[C@H]1[C@H](O)C2O)C(O)[C@H]8O)C(O)[C@H]7O)C(O)[C@H]6O)C(O)[C@H]5O)C(O)[C@H]4O)C(O)[C@H]3O)C(=O)O. The number of aliphatic hydroxyl groups is 19. The lowest BCUT2D eigenvalue weighted by Gasteiger charge is -2.50. The first kappa shape index (κ1) is 86.1. The zero-order valence-corrected chi connectivity index (χ0v) is 57.2. The first-order chi connectivity index (χ1) is 49.0. The molecule has 37 atom stereocenters. The number of carboxylic acid groups (broad SMARTS) is 2. The Morgan fingerprint density at radius 2 is 0.602 bits per heavy atom. The minimum absolute atomic E-state index is 0.0645. The zero-order chi connectivity index (χ0) is 75.4. The molecule has 21 aliphatic heterocycles. The summed E-state index contributed by atoms with van der Waals surface area (Å²) in [6, 6.07) is -1.18. The van der Waals surface area contributed by atoms with Crippen molar-refractivity contribution in [2.24, 2.45) is 5.92 Å². The minimum Gasteiger partial charge on any atom is -0.481 e. The minimum atomic E-state index is -2.31. The number of ketones is 2. The molecule has 0 saturated carbocycles. The normalized spacial score (nSPS) is 44.9. The topological polar surface area (TPSA) is 653 Å². The highest BCUT2D eigenvalue weighted by Crippen LogP contribution is 2.40. The van der Waals surface area contributed by atoms with Crippen LogP contribution in [0.25, 0.3) is 0 Å². The lowest BCUT2D eigenvalue weighted by molar-refractivity contribution is -0.395. The molecule has 0 amide bonds. The molecule has 596 valence electrons. The molecule has 0 radical (unpaired) electrons. The molecule has 21 fully saturated rings. The van der Waals surface area contributed by atoms with Crippen LogP contribution < -0.4 is 5.32 Å². The maximum Gasteiger partial charge on any atom is 0.321 e. The summed E-state index contributed by atoms with van der Waals surface area (Å²) >= 11 is 1.66. The van der Waals surface area contributed by atoms with Gasteiger partial charge in [0, 0.05) is 42.3 Å². The molecule has 14 unspecified atom stereocenters. The molecule has 22 N–H and O–H groups in total. The molecule has 21 heterocycles. The number of aliphatic carboxylic acids is 2. The number of Topliss-reactive ketones (excluding diaryl/α,β-unsaturated/α-hetero) is 2. The molecular weight excluding hydrogens is 1440 g/mol. The van der Waals surface area contributed by atoms with Crippen LogP contribution in [0, 0.1) is 5.92 Å². The fourth-order valence-electron chi connectivity index (χ4n) is 12.6. The number of carboxylic acids is 2. The number of thioether (sulfide) groups is 2. The van der Waals surface area contributed by atoms with E-state index in [2.05, 4.69) is 5.32 Å². The standard InChI is InChI=1S/C59H97NO41S2/c1-19(66)3-5-86-7-8-87-6-4-21(67)9-20(51(82)83)15-102-17-28-49-35(73)42(80)58(93-28)98-47-26(13-64)89-55(38(76)31(47)69)97-46-25(12-63)92-57(41(79)34(46)72)101-50-29(18-103-16-22(60-2)52(84)85)94-59(43(81)36(50)74)99-48-27(14-65)90-54(39(77)32(48)70)95-44-23(10-61)88-53(37(75)30(44)68)96-45-24(11-62)91-56(100-49)40(78)33(45)71/h20,22-50,53-65,68-81H,3-18H2,1-2H3,(H,82,83)(H,84,85)/t20-,22-,23?,24?,25?,26?,27?,28?,29?,30-,31-,32-,33-,34-,35-,36-,37?,38?,39?,40?,41?,42?,43?,44-,45-,46-,47-,48-,49-,50-,53-,54-,55+,56-,57-,58-,59-/m1/s1. The number of rotatable bonds is 27. The number of ether oxygens (including phenoxy) is 16. The Hall–Kier alpha value is -2.46. The van der Waals surface area contributed by atoms with Crippen LogP contribution >= 0.6 is 23.5 Å². The van der Waals surface area contributed by atoms with Crippen molar-refractivity contribution in [2.45, 2.75) is 247 Å². The average Bonchev–Trinajstić information content (AvgIpc) is 0.785. The number of aliphatic hydroxyl groups excluding tert-OH is 19. The van der Waals surface area contributed by atoms with Crippen LogP contribution in [0.4, 0.5) is 0 Å². The van der Waals surface area contributed by atoms with Gasteiger partial charge >= 0.3 is 11.9 Å². The van der Waals surface area contributed by atoms with E-state index in [0.717, 1.165) is 23.5 Å². The number of likely N-dealkylation sites (N-methyl/N-ethyl adjacent to an activating group) is 1. The number of hydrogen-bond acceptors (Lipinski definition) is 42. The van der Waals surface area contributed by atoms with E-state index in [1.165, 1.54) is 14.0 Å². The predicted octanol–water partition coefficient (Wildman–Crippen LogP) is -13.0. The van der Waals surface area contributed by atoms with Gasteiger partial charge < -0.3 is 188 Å². The molecule has 0 spiro atoms. The Kier molecular flexibility index (Phi) is 33.4. The van der Waals surface area contributed by atoms with Crippen LogP contribution in [0.5, 0.6) is 0 Å². The third-order valence-corrected chi connectivity index (χ3v) is 20.9. The third-order valence-electron chi connectivity index (χ3n) is 18.6. The quantitative estimate of drug-likeness (QED) is 0.0340. The first-order valence-corrected chi connectivity index (χ1v) is 35.5. The van der Waals surface area contributed by atoms with Gasteiger partial charge in [0.25, 0.3) is 0 Å². The van der Waals surface area contributed by atoms with Crippen molar-refractivity contribution in [3.8, 4) is 0 Å². The lowest BCUT2D eigenvalue weighted by Crippen LogP contribution is -2.68. The van der Waals surface area contributed by atoms with Gasteiger partial charge in [-0.3, -0.25) is 19.2 Å². The summed E-state index contributed by atoms with van der Waals surface area (Å²) in [5, 5.41) is 239. The fourth-order valence-corrected chi connectivity index (χ4v) is 15.0. The van der Waals surface area contributed by atoms with Crippen LogP contribution in [-0.2, 0) is 95.0 Å². The summed E-state index contributed by atoms with van der Waals surface area (Å²) in [6.07, 6.45) is -73.1. The van der Waals surface area contributed by atoms with Gasteiger partial charge in [-0.05, 0) is 14.0 Å². The Balaban J connectivity index is 1.08. The van der Waals surface area contributed by atoms with E-state index in [1.807, 2.05) is 0 Å². The Morgan fingerprint density at radius 1 is 0.350 bits per heavy atom. The summed E-state index contributed by atoms with van der Waals surface area (Å²) in [7, 11) is 1.35. The average molecular weight is 1540 g/mol. The third kappa shape index (κ3) is 21.0. The second kappa shape index (κ2) is 40.0. The van der Waals surface area contributed by atoms with Gasteiger partial charge in [-0.1, -0.05) is 0 Å². The van der Waals surface area contributed by atoms with Crippen LogP contribution in [0.15, 0.2) is 0 Å². The summed E-state index contributed by atoms with van der Waals surface area (Å²) in [4.78, 5) is 48.7. The summed E-state index contributed by atoms with van der Waals surface area (Å²) in [5.41, 5.74) is 0. The number of nitrogens with one attached hydrogen (secondary N) is 1. The summed E-state index contributed by atoms with van der Waals surface area (Å²) in [5.74, 6) is -6.08. The molecule has 21 aliphatic rings. The number of carbonyl (C=O) groups excluding carboxylic acids is 2. The van der Waals surface area contributed by atoms with Crippen LogP contribution in [0.2, 0.25) is 0 Å². The highest BCUT2D eigenvalue weighted by Gasteiger charge is 2.60. The molecule has 44 heteroatoms. The maximum absolute atomic E-state index is 13.0. The van der Waals surface area contributed by atoms with Crippen molar-refractivity contribution in [3.05, 3.63) is 0 Å². The van der Waals surface area contributed by atoms with Gasteiger partial charge in [0.1, 0.15) is 176 Å². The van der Waals surface area contributed by atoms with Crippen molar-refractivity contribution >= 4 is 47.0 Å². The van der Waals surface area contributed by atoms with Crippen molar-refractivity contribution in [1.82, 2.24) is 5.32 Å². The molecule has 0 aromatic heterocycles. The van der Waals surface area contributed by atoms with Crippen LogP contribution in [0.3, 0.4) is 0 Å². The largest absolute Gasteiger partial charge is 0.481 e. The van der Waals surface area contributed by atoms with Crippen molar-refractivity contribution in [1.29, 1.82) is 0 Å². The Morgan fingerprint density at radius 3 is 0.845 bits per heavy atom. The lowest BCUT2D eigenvalue weighted by atomic mass is 9.95. The van der Waals surface area contributed by atoms with E-state index < -0.39 is 290 Å². The van der Waals surface area contributed by atoms with E-state index >= 15 is 0 Å². The molecule has 0 aromatic rings. The van der Waals surface area contributed by atoms with Gasteiger partial charge in [-0.25, -0.2) is 0 Å². The van der Waals surface area contributed by atoms with Crippen molar-refractivity contribution < 1.29 is 202 Å². The van der Waals surface area contributed by atoms with E-state index in [1.54, 1.807) is 0 Å². The van der Waals surface area contributed by atoms with E-state index in [4.69, 9.17) is 75.8 Å². The summed E-state index contributed by atoms with van der Waals surface area (Å²) in [6.45, 7) is -3.91. The number of carbonyl (C=O) groups is 4. The molecule has 103 heavy (non-hydrogen) atoms. The van der Waals surface area contributed by atoms with Crippen molar-refractivity contribution in [3.63, 3.8) is 0 Å². The molecule has 21 saturated heterocycles. The fraction of sp³-hybridized carbons (Fsp3) is 0.932. The monoisotopic (exact) mass is 1540 g/mol. The molecule has 42 nitrogen and oxygen atoms in total.